The summed E-state index contributed by atoms with van der Waals surface area (Å²) >= 11 is 0. The molecular weight excluding hydrogens is 328 g/mol. The highest BCUT2D eigenvalue weighted by Crippen LogP contribution is 2.38. The summed E-state index contributed by atoms with van der Waals surface area (Å²) in [6, 6.07) is 0. The van der Waals surface area contributed by atoms with Crippen LogP contribution in [0.25, 0.3) is 0 Å². The van der Waals surface area contributed by atoms with Crippen molar-refractivity contribution in [2.45, 2.75) is 91.5 Å². The first-order valence-corrected chi connectivity index (χ1v) is 11.0. The highest BCUT2D eigenvalue weighted by Gasteiger charge is 2.45. The fourth-order valence-corrected chi connectivity index (χ4v) is 3.87. The van der Waals surface area contributed by atoms with E-state index in [0.29, 0.717) is 38.8 Å². The molecule has 158 valence electrons. The minimum Gasteiger partial charge on any atom is -0.330 e. The Balaban J connectivity index is 5.31. The van der Waals surface area contributed by atoms with Crippen LogP contribution in [0.4, 0.5) is 0 Å². The summed E-state index contributed by atoms with van der Waals surface area (Å²) < 4.78 is 18.3. The van der Waals surface area contributed by atoms with Gasteiger partial charge >= 0.3 is 0 Å². The van der Waals surface area contributed by atoms with Gasteiger partial charge in [-0.15, -0.1) is 0 Å². The highest BCUT2D eigenvalue weighted by molar-refractivity contribution is 4.80. The molecule has 0 aliphatic heterocycles. The van der Waals surface area contributed by atoms with E-state index in [1.165, 1.54) is 32.1 Å². The zero-order chi connectivity index (χ0) is 19.7. The molecule has 0 saturated carbocycles. The predicted molar refractivity (Wildman–Crippen MR) is 110 cm³/mol. The number of ether oxygens (including phenoxy) is 3. The molecule has 2 atom stereocenters. The van der Waals surface area contributed by atoms with E-state index in [9.17, 15) is 0 Å². The normalized spacial score (nSPS) is 14.5. The Morgan fingerprint density at radius 3 is 1.65 bits per heavy atom. The van der Waals surface area contributed by atoms with Crippen molar-refractivity contribution in [2.75, 3.05) is 32.9 Å². The fourth-order valence-electron chi connectivity index (χ4n) is 3.87. The second-order valence-electron chi connectivity index (χ2n) is 6.98. The molecule has 0 spiro atoms. The molecule has 0 aromatic heterocycles. The summed E-state index contributed by atoms with van der Waals surface area (Å²) in [6.07, 6.45) is 10.5. The fraction of sp³-hybridized carbons (Fsp3) is 1.00. The van der Waals surface area contributed by atoms with E-state index < -0.39 is 5.97 Å². The summed E-state index contributed by atoms with van der Waals surface area (Å²) in [5, 5.41) is 0. The number of rotatable bonds is 19. The standard InChI is InChI=1S/C21H46N2O3/c1-5-9-10-11-12-14-19(15-13-17-22)20(16-18-23)21(24-6-2,25-7-3)26-8-4/h19-20H,5-18,22-23H2,1-4H3. The summed E-state index contributed by atoms with van der Waals surface area (Å²) in [4.78, 5) is 0. The zero-order valence-corrected chi connectivity index (χ0v) is 17.9. The maximum Gasteiger partial charge on any atom is 0.286 e. The van der Waals surface area contributed by atoms with Crippen molar-refractivity contribution < 1.29 is 14.2 Å². The Bertz CT molecular complexity index is 286. The van der Waals surface area contributed by atoms with E-state index >= 15 is 0 Å². The van der Waals surface area contributed by atoms with Gasteiger partial charge in [-0.05, 0) is 65.5 Å². The van der Waals surface area contributed by atoms with Crippen LogP contribution >= 0.6 is 0 Å². The molecule has 0 heterocycles. The van der Waals surface area contributed by atoms with Crippen LogP contribution in [0.15, 0.2) is 0 Å². The molecule has 5 nitrogen and oxygen atoms in total. The van der Waals surface area contributed by atoms with Gasteiger partial charge < -0.3 is 25.7 Å². The van der Waals surface area contributed by atoms with Gasteiger partial charge in [0.05, 0.1) is 0 Å². The molecule has 0 aliphatic carbocycles. The molecule has 4 N–H and O–H groups in total. The molecule has 0 rings (SSSR count). The molecule has 0 aromatic carbocycles. The molecule has 5 heteroatoms. The quantitative estimate of drug-likeness (QED) is 0.258. The monoisotopic (exact) mass is 374 g/mol. The van der Waals surface area contributed by atoms with Crippen LogP contribution in [0.3, 0.4) is 0 Å². The molecule has 0 fully saturated rings. The average Bonchev–Trinajstić information content (AvgIpc) is 2.63. The van der Waals surface area contributed by atoms with E-state index in [1.807, 2.05) is 20.8 Å². The molecule has 0 aromatic rings. The van der Waals surface area contributed by atoms with Crippen LogP contribution in [-0.4, -0.2) is 38.9 Å². The summed E-state index contributed by atoms with van der Waals surface area (Å²) in [7, 11) is 0. The van der Waals surface area contributed by atoms with Gasteiger partial charge in [-0.3, -0.25) is 0 Å². The highest BCUT2D eigenvalue weighted by atomic mass is 16.9. The lowest BCUT2D eigenvalue weighted by Crippen LogP contribution is -2.50. The second-order valence-corrected chi connectivity index (χ2v) is 6.98. The Labute approximate surface area is 162 Å². The average molecular weight is 375 g/mol. The molecular formula is C21H46N2O3. The topological polar surface area (TPSA) is 79.7 Å². The van der Waals surface area contributed by atoms with Gasteiger partial charge in [-0.2, -0.15) is 0 Å². The van der Waals surface area contributed by atoms with E-state index in [1.54, 1.807) is 0 Å². The van der Waals surface area contributed by atoms with E-state index in [2.05, 4.69) is 6.92 Å². The van der Waals surface area contributed by atoms with Gasteiger partial charge in [0, 0.05) is 25.7 Å². The summed E-state index contributed by atoms with van der Waals surface area (Å²) in [5.41, 5.74) is 11.8. The van der Waals surface area contributed by atoms with Gasteiger partial charge in [0.15, 0.2) is 0 Å². The third-order valence-electron chi connectivity index (χ3n) is 4.99. The molecule has 0 saturated heterocycles. The van der Waals surface area contributed by atoms with Crippen LogP contribution in [0.5, 0.6) is 0 Å². The van der Waals surface area contributed by atoms with Crippen LogP contribution in [0.2, 0.25) is 0 Å². The lowest BCUT2D eigenvalue weighted by molar-refractivity contribution is -0.408. The minimum absolute atomic E-state index is 0.130. The zero-order valence-electron chi connectivity index (χ0n) is 17.9. The SMILES string of the molecule is CCCCCCCC(CCCN)C(CCN)C(OCC)(OCC)OCC. The van der Waals surface area contributed by atoms with Crippen LogP contribution in [-0.2, 0) is 14.2 Å². The number of unbranched alkanes of at least 4 members (excludes halogenated alkanes) is 4. The van der Waals surface area contributed by atoms with Crippen LogP contribution in [0, 0.1) is 11.8 Å². The van der Waals surface area contributed by atoms with Gasteiger partial charge in [0.2, 0.25) is 0 Å². The summed E-state index contributed by atoms with van der Waals surface area (Å²) in [5.74, 6) is -0.404. The Kier molecular flexibility index (Phi) is 16.8. The van der Waals surface area contributed by atoms with Crippen LogP contribution in [0.1, 0.15) is 85.5 Å². The van der Waals surface area contributed by atoms with Crippen molar-refractivity contribution in [3.8, 4) is 0 Å². The van der Waals surface area contributed by atoms with E-state index in [0.717, 1.165) is 25.7 Å². The van der Waals surface area contributed by atoms with E-state index in [-0.39, 0.29) is 5.92 Å². The first kappa shape index (κ1) is 25.8. The van der Waals surface area contributed by atoms with Crippen molar-refractivity contribution in [3.63, 3.8) is 0 Å². The van der Waals surface area contributed by atoms with Crippen LogP contribution < -0.4 is 11.5 Å². The molecule has 2 unspecified atom stereocenters. The first-order valence-electron chi connectivity index (χ1n) is 11.0. The van der Waals surface area contributed by atoms with Crippen molar-refractivity contribution in [2.24, 2.45) is 23.3 Å². The molecule has 0 bridgehead atoms. The third-order valence-corrected chi connectivity index (χ3v) is 4.99. The van der Waals surface area contributed by atoms with Gasteiger partial charge in [-0.1, -0.05) is 39.0 Å². The lowest BCUT2D eigenvalue weighted by Gasteiger charge is -2.42. The predicted octanol–water partition coefficient (Wildman–Crippen LogP) is 4.43. The maximum absolute atomic E-state index is 6.10. The van der Waals surface area contributed by atoms with Crippen molar-refractivity contribution in [3.05, 3.63) is 0 Å². The van der Waals surface area contributed by atoms with Gasteiger partial charge in [0.25, 0.3) is 5.97 Å². The molecule has 0 radical (unpaired) electrons. The minimum atomic E-state index is -0.986. The van der Waals surface area contributed by atoms with E-state index in [4.69, 9.17) is 25.7 Å². The van der Waals surface area contributed by atoms with Gasteiger partial charge in [-0.25, -0.2) is 0 Å². The first-order chi connectivity index (χ1) is 12.7. The van der Waals surface area contributed by atoms with Crippen molar-refractivity contribution in [1.82, 2.24) is 0 Å². The maximum atomic E-state index is 6.10. The Morgan fingerprint density at radius 2 is 1.19 bits per heavy atom. The number of hydrogen-bond donors (Lipinski definition) is 2. The molecule has 26 heavy (non-hydrogen) atoms. The van der Waals surface area contributed by atoms with Gasteiger partial charge in [0.1, 0.15) is 0 Å². The Hall–Kier alpha value is -0.200. The molecule has 0 aliphatic rings. The van der Waals surface area contributed by atoms with Crippen molar-refractivity contribution in [1.29, 1.82) is 0 Å². The van der Waals surface area contributed by atoms with Crippen molar-refractivity contribution >= 4 is 0 Å². The smallest absolute Gasteiger partial charge is 0.286 e. The molecule has 0 amide bonds. The second kappa shape index (κ2) is 16.9. The number of hydrogen-bond acceptors (Lipinski definition) is 5. The lowest BCUT2D eigenvalue weighted by atomic mass is 9.80. The number of nitrogens with two attached hydrogens (primary N) is 2. The largest absolute Gasteiger partial charge is 0.330 e. The third kappa shape index (κ3) is 9.65. The summed E-state index contributed by atoms with van der Waals surface area (Å²) in [6.45, 7) is 11.2. The Morgan fingerprint density at radius 1 is 0.654 bits per heavy atom.